The Bertz CT molecular complexity index is 623. The van der Waals surface area contributed by atoms with E-state index in [1.165, 1.54) is 12.1 Å². The molecule has 0 unspecified atom stereocenters. The molecule has 3 nitrogen and oxygen atoms in total. The summed E-state index contributed by atoms with van der Waals surface area (Å²) in [6, 6.07) is 5.22. The van der Waals surface area contributed by atoms with Gasteiger partial charge in [-0.15, -0.1) is 0 Å². The Balaban J connectivity index is 2.20. The minimum Gasteiger partial charge on any atom is -0.436 e. The maximum Gasteiger partial charge on any atom is 0.417 e. The van der Waals surface area contributed by atoms with Crippen molar-refractivity contribution in [3.63, 3.8) is 0 Å². The van der Waals surface area contributed by atoms with Crippen LogP contribution >= 0.6 is 0 Å². The van der Waals surface area contributed by atoms with Crippen LogP contribution in [0.4, 0.5) is 17.6 Å². The molecular formula is C13H7F4NO2. The molecule has 1 aromatic heterocycles. The van der Waals surface area contributed by atoms with Crippen molar-refractivity contribution in [3.05, 3.63) is 53.5 Å². The maximum absolute atomic E-state index is 13.5. The van der Waals surface area contributed by atoms with Gasteiger partial charge in [-0.2, -0.15) is 13.2 Å². The molecule has 0 spiro atoms. The summed E-state index contributed by atoms with van der Waals surface area (Å²) in [5.74, 6) is -1.23. The number of benzene rings is 1. The number of aldehydes is 1. The molecule has 1 heterocycles. The highest BCUT2D eigenvalue weighted by Crippen LogP contribution is 2.30. The minimum atomic E-state index is -4.50. The molecule has 0 radical (unpaired) electrons. The number of ether oxygens (including phenoxy) is 1. The van der Waals surface area contributed by atoms with E-state index in [4.69, 9.17) is 4.74 Å². The first-order valence-corrected chi connectivity index (χ1v) is 5.36. The van der Waals surface area contributed by atoms with Crippen molar-refractivity contribution in [1.29, 1.82) is 0 Å². The van der Waals surface area contributed by atoms with E-state index in [0.717, 1.165) is 18.2 Å². The fraction of sp³-hybridized carbons (Fsp3) is 0.0769. The van der Waals surface area contributed by atoms with Gasteiger partial charge >= 0.3 is 6.18 Å². The minimum absolute atomic E-state index is 0.121. The molecule has 1 aromatic carbocycles. The molecule has 0 saturated carbocycles. The SMILES string of the molecule is O=Cc1ccc(Oc2ccc(C(F)(F)F)cn2)c(F)c1. The molecule has 0 saturated heterocycles. The molecule has 0 N–H and O–H groups in total. The maximum atomic E-state index is 13.5. The molecule has 0 aliphatic rings. The van der Waals surface area contributed by atoms with Gasteiger partial charge < -0.3 is 4.74 Å². The third kappa shape index (κ3) is 3.11. The molecule has 104 valence electrons. The van der Waals surface area contributed by atoms with Crippen LogP contribution in [0.15, 0.2) is 36.5 Å². The standard InChI is InChI=1S/C13H7F4NO2/c14-10-5-8(7-19)1-3-11(10)20-12-4-2-9(6-18-12)13(15,16)17/h1-7H. The van der Waals surface area contributed by atoms with Gasteiger partial charge in [0, 0.05) is 17.8 Å². The van der Waals surface area contributed by atoms with Crippen molar-refractivity contribution < 1.29 is 27.1 Å². The lowest BCUT2D eigenvalue weighted by Gasteiger charge is -2.08. The fourth-order valence-corrected chi connectivity index (χ4v) is 1.39. The smallest absolute Gasteiger partial charge is 0.417 e. The van der Waals surface area contributed by atoms with Crippen LogP contribution in [0, 0.1) is 5.82 Å². The quantitative estimate of drug-likeness (QED) is 0.635. The number of carbonyl (C=O) groups excluding carboxylic acids is 1. The van der Waals surface area contributed by atoms with Crippen LogP contribution in [-0.4, -0.2) is 11.3 Å². The van der Waals surface area contributed by atoms with Crippen LogP contribution in [0.25, 0.3) is 0 Å². The lowest BCUT2D eigenvalue weighted by molar-refractivity contribution is -0.137. The highest BCUT2D eigenvalue weighted by Gasteiger charge is 2.30. The van der Waals surface area contributed by atoms with Gasteiger partial charge in [-0.05, 0) is 24.3 Å². The zero-order valence-electron chi connectivity index (χ0n) is 9.82. The van der Waals surface area contributed by atoms with Crippen molar-refractivity contribution in [1.82, 2.24) is 4.98 Å². The van der Waals surface area contributed by atoms with E-state index in [9.17, 15) is 22.4 Å². The van der Waals surface area contributed by atoms with Gasteiger partial charge in [0.1, 0.15) is 6.29 Å². The first-order chi connectivity index (χ1) is 9.40. The lowest BCUT2D eigenvalue weighted by atomic mass is 10.2. The normalized spacial score (nSPS) is 11.2. The summed E-state index contributed by atoms with van der Waals surface area (Å²) in [6.45, 7) is 0. The number of hydrogen-bond acceptors (Lipinski definition) is 3. The molecule has 2 aromatic rings. The second-order valence-corrected chi connectivity index (χ2v) is 3.79. The number of alkyl halides is 3. The van der Waals surface area contributed by atoms with Crippen LogP contribution in [0.5, 0.6) is 11.6 Å². The van der Waals surface area contributed by atoms with E-state index in [-0.39, 0.29) is 17.2 Å². The van der Waals surface area contributed by atoms with Gasteiger partial charge in [0.05, 0.1) is 5.56 Å². The molecule has 7 heteroatoms. The Hall–Kier alpha value is -2.44. The number of aromatic nitrogens is 1. The summed E-state index contributed by atoms with van der Waals surface area (Å²) >= 11 is 0. The topological polar surface area (TPSA) is 39.2 Å². The highest BCUT2D eigenvalue weighted by molar-refractivity contribution is 5.75. The summed E-state index contributed by atoms with van der Waals surface area (Å²) in [5.41, 5.74) is -0.808. The second-order valence-electron chi connectivity index (χ2n) is 3.79. The van der Waals surface area contributed by atoms with Crippen LogP contribution < -0.4 is 4.74 Å². The molecule has 0 fully saturated rings. The van der Waals surface area contributed by atoms with Crippen molar-refractivity contribution in [2.24, 2.45) is 0 Å². The molecular weight excluding hydrogens is 278 g/mol. The third-order valence-corrected chi connectivity index (χ3v) is 2.37. The summed E-state index contributed by atoms with van der Waals surface area (Å²) in [4.78, 5) is 13.9. The van der Waals surface area contributed by atoms with Crippen molar-refractivity contribution in [3.8, 4) is 11.6 Å². The van der Waals surface area contributed by atoms with Crippen LogP contribution in [0.1, 0.15) is 15.9 Å². The van der Waals surface area contributed by atoms with E-state index >= 15 is 0 Å². The fourth-order valence-electron chi connectivity index (χ4n) is 1.39. The van der Waals surface area contributed by atoms with Crippen molar-refractivity contribution in [2.75, 3.05) is 0 Å². The Morgan fingerprint density at radius 2 is 1.90 bits per heavy atom. The summed E-state index contributed by atoms with van der Waals surface area (Å²) in [6.07, 6.45) is -3.45. The number of halogens is 4. The predicted octanol–water partition coefficient (Wildman–Crippen LogP) is 3.84. The number of carbonyl (C=O) groups is 1. The Labute approximate surface area is 110 Å². The van der Waals surface area contributed by atoms with Crippen LogP contribution in [0.2, 0.25) is 0 Å². The van der Waals surface area contributed by atoms with E-state index in [1.54, 1.807) is 0 Å². The molecule has 0 bridgehead atoms. The number of rotatable bonds is 3. The summed E-state index contributed by atoms with van der Waals surface area (Å²) < 4.78 is 55.5. The first-order valence-electron chi connectivity index (χ1n) is 5.36. The largest absolute Gasteiger partial charge is 0.436 e. The number of pyridine rings is 1. The van der Waals surface area contributed by atoms with E-state index in [1.807, 2.05) is 0 Å². The molecule has 0 amide bonds. The molecule has 0 aliphatic carbocycles. The highest BCUT2D eigenvalue weighted by atomic mass is 19.4. The Morgan fingerprint density at radius 3 is 2.40 bits per heavy atom. The van der Waals surface area contributed by atoms with Gasteiger partial charge in [-0.3, -0.25) is 4.79 Å². The van der Waals surface area contributed by atoms with E-state index < -0.39 is 17.6 Å². The second kappa shape index (κ2) is 5.28. The lowest BCUT2D eigenvalue weighted by Crippen LogP contribution is -2.05. The van der Waals surface area contributed by atoms with Crippen LogP contribution in [0.3, 0.4) is 0 Å². The predicted molar refractivity (Wildman–Crippen MR) is 61.1 cm³/mol. The van der Waals surface area contributed by atoms with E-state index in [2.05, 4.69) is 4.98 Å². The van der Waals surface area contributed by atoms with Crippen molar-refractivity contribution >= 4 is 6.29 Å². The van der Waals surface area contributed by atoms with Gasteiger partial charge in [-0.25, -0.2) is 9.37 Å². The van der Waals surface area contributed by atoms with Crippen molar-refractivity contribution in [2.45, 2.75) is 6.18 Å². The average molecular weight is 285 g/mol. The third-order valence-electron chi connectivity index (χ3n) is 2.37. The first kappa shape index (κ1) is 14.0. The Morgan fingerprint density at radius 1 is 1.15 bits per heavy atom. The molecule has 2 rings (SSSR count). The Kier molecular flexibility index (Phi) is 3.69. The molecule has 0 aliphatic heterocycles. The summed E-state index contributed by atoms with van der Waals surface area (Å²) in [7, 11) is 0. The average Bonchev–Trinajstić information content (AvgIpc) is 2.40. The number of hydrogen-bond donors (Lipinski definition) is 0. The van der Waals surface area contributed by atoms with Crippen LogP contribution in [-0.2, 0) is 6.18 Å². The van der Waals surface area contributed by atoms with Gasteiger partial charge in [0.15, 0.2) is 11.6 Å². The van der Waals surface area contributed by atoms with Gasteiger partial charge in [0.25, 0.3) is 0 Å². The monoisotopic (exact) mass is 285 g/mol. The van der Waals surface area contributed by atoms with E-state index in [0.29, 0.717) is 12.5 Å². The zero-order chi connectivity index (χ0) is 14.8. The summed E-state index contributed by atoms with van der Waals surface area (Å²) in [5, 5.41) is 0. The zero-order valence-corrected chi connectivity index (χ0v) is 9.82. The molecule has 20 heavy (non-hydrogen) atoms. The van der Waals surface area contributed by atoms with Gasteiger partial charge in [0.2, 0.25) is 5.88 Å². The number of nitrogens with zero attached hydrogens (tertiary/aromatic N) is 1. The van der Waals surface area contributed by atoms with Gasteiger partial charge in [-0.1, -0.05) is 0 Å². The molecule has 0 atom stereocenters.